The summed E-state index contributed by atoms with van der Waals surface area (Å²) < 4.78 is 20.6. The van der Waals surface area contributed by atoms with Crippen LogP contribution in [-0.2, 0) is 20.3 Å². The van der Waals surface area contributed by atoms with Crippen molar-refractivity contribution < 1.29 is 13.7 Å². The molecule has 3 fully saturated rings. The number of hydrogen-bond donors (Lipinski definition) is 3. The molecule has 3 saturated heterocycles. The van der Waals surface area contributed by atoms with E-state index in [-0.39, 0.29) is 22.7 Å². The zero-order valence-electron chi connectivity index (χ0n) is 28.4. The monoisotopic (exact) mass is 641 g/mol. The van der Waals surface area contributed by atoms with Crippen molar-refractivity contribution in [3.8, 4) is 0 Å². The highest BCUT2D eigenvalue weighted by atomic mass is 32.2. The van der Waals surface area contributed by atoms with Gasteiger partial charge >= 0.3 is 0 Å². The van der Waals surface area contributed by atoms with Gasteiger partial charge in [0.15, 0.2) is 0 Å². The Morgan fingerprint density at radius 2 is 1.91 bits per heavy atom. The van der Waals surface area contributed by atoms with Crippen molar-refractivity contribution in [2.75, 3.05) is 64.0 Å². The number of benzene rings is 1. The maximum absolute atomic E-state index is 9.56. The van der Waals surface area contributed by atoms with Crippen molar-refractivity contribution in [2.45, 2.75) is 53.5 Å². The minimum absolute atomic E-state index is 0.0344. The van der Waals surface area contributed by atoms with E-state index >= 15 is 0 Å². The van der Waals surface area contributed by atoms with Gasteiger partial charge in [0.1, 0.15) is 24.2 Å². The Labute approximate surface area is 273 Å². The van der Waals surface area contributed by atoms with Gasteiger partial charge in [-0.1, -0.05) is 45.6 Å². The van der Waals surface area contributed by atoms with E-state index in [1.165, 1.54) is 5.56 Å². The first-order chi connectivity index (χ1) is 21.3. The fourth-order valence-corrected chi connectivity index (χ4v) is 5.50. The Kier molecular flexibility index (Phi) is 15.9. The summed E-state index contributed by atoms with van der Waals surface area (Å²) in [6, 6.07) is 8.35. The molecule has 3 aliphatic rings. The molecule has 3 aliphatic heterocycles. The number of anilines is 1. The van der Waals surface area contributed by atoms with Gasteiger partial charge in [0.2, 0.25) is 0 Å². The Balaban J connectivity index is 0.000000602. The Hall–Kier alpha value is -3.12. The van der Waals surface area contributed by atoms with Crippen LogP contribution in [0.1, 0.15) is 46.1 Å². The van der Waals surface area contributed by atoms with Crippen LogP contribution in [0, 0.1) is 17.8 Å². The molecule has 11 heteroatoms. The number of likely N-dealkylation sites (tertiary alicyclic amines) is 1. The number of aliphatic imine (C=N–C) groups is 3. The second-order valence-corrected chi connectivity index (χ2v) is 13.9. The molecule has 4 N–H and O–H groups in total. The second-order valence-electron chi connectivity index (χ2n) is 12.5. The number of fused-ring (bicyclic) bond motifs is 1. The van der Waals surface area contributed by atoms with E-state index in [9.17, 15) is 4.21 Å². The second kappa shape index (κ2) is 18.8. The fourth-order valence-electron chi connectivity index (χ4n) is 5.50. The van der Waals surface area contributed by atoms with E-state index in [4.69, 9.17) is 20.2 Å². The highest BCUT2D eigenvalue weighted by molar-refractivity contribution is 7.83. The molecule has 0 unspecified atom stereocenters. The third-order valence-electron chi connectivity index (χ3n) is 7.55. The summed E-state index contributed by atoms with van der Waals surface area (Å²) >= 11 is 0. The van der Waals surface area contributed by atoms with Crippen LogP contribution in [0.2, 0.25) is 0 Å². The van der Waals surface area contributed by atoms with Crippen LogP contribution in [-0.4, -0.2) is 92.2 Å². The molecule has 0 amide bonds. The minimum Gasteiger partial charge on any atom is -0.384 e. The lowest BCUT2D eigenvalue weighted by Crippen LogP contribution is -2.47. The molecule has 10 nitrogen and oxygen atoms in total. The number of rotatable bonds is 6. The molecule has 1 aromatic rings. The van der Waals surface area contributed by atoms with Gasteiger partial charge in [-0.2, -0.15) is 0 Å². The van der Waals surface area contributed by atoms with E-state index in [1.807, 2.05) is 37.4 Å². The SMILES string of the molecule is C1COCCN1.C=N/C=C1\C(=N/CNc2cccc(C)c2)N(C(/C=C\C)=N/C(=C)N)[C@@H]2CC(C)(C)COCC[C@]12C.CS(C)=O. The van der Waals surface area contributed by atoms with Gasteiger partial charge in [-0.3, -0.25) is 9.20 Å². The van der Waals surface area contributed by atoms with Crippen molar-refractivity contribution in [2.24, 2.45) is 31.5 Å². The van der Waals surface area contributed by atoms with Crippen LogP contribution >= 0.6 is 0 Å². The third kappa shape index (κ3) is 12.3. The number of morpholine rings is 1. The largest absolute Gasteiger partial charge is 0.384 e. The molecule has 3 heterocycles. The normalized spacial score (nSPS) is 25.0. The van der Waals surface area contributed by atoms with Gasteiger partial charge in [0, 0.05) is 71.9 Å². The van der Waals surface area contributed by atoms with Crippen LogP contribution in [0.4, 0.5) is 5.69 Å². The molecular weight excluding hydrogens is 586 g/mol. The number of allylic oxidation sites excluding steroid dienone is 1. The van der Waals surface area contributed by atoms with Gasteiger partial charge in [-0.15, -0.1) is 0 Å². The highest BCUT2D eigenvalue weighted by Gasteiger charge is 2.54. The standard InChI is InChI=1S/C28H40N6O.C4H9NO.C2H6OS/c1-8-10-25(33-21(3)29)34-24-16-27(4,5)18-35-14-13-28(24,6)23(17-30-7)26(34)32-19-31-22-12-9-11-20(2)15-22;1-3-6-4-2-5-1;1-4(2)3/h8-12,15,17,24,31H,3,7,13-14,16,18-19,29H2,1-2,4-6H3;5H,1-4H2;1-2H3/b10-8-,23-17+,32-26+,33-25+;;/t24-,28-;;/m1../s1. The van der Waals surface area contributed by atoms with Crippen LogP contribution in [0.25, 0.3) is 0 Å². The summed E-state index contributed by atoms with van der Waals surface area (Å²) in [6.07, 6.45) is 10.8. The lowest BCUT2D eigenvalue weighted by molar-refractivity contribution is 0.0000221. The van der Waals surface area contributed by atoms with Crippen LogP contribution in [0.15, 0.2) is 75.6 Å². The van der Waals surface area contributed by atoms with Gasteiger partial charge in [-0.05, 0) is 62.6 Å². The van der Waals surface area contributed by atoms with Crippen molar-refractivity contribution in [1.29, 1.82) is 0 Å². The van der Waals surface area contributed by atoms with Crippen LogP contribution < -0.4 is 16.4 Å². The Morgan fingerprint density at radius 1 is 1.22 bits per heavy atom. The molecule has 0 bridgehead atoms. The molecular formula is C34H55N7O3S. The average Bonchev–Trinajstić information content (AvgIpc) is 3.17. The number of nitrogens with two attached hydrogens (primary N) is 1. The lowest BCUT2D eigenvalue weighted by atomic mass is 9.70. The molecule has 250 valence electrons. The Morgan fingerprint density at radius 3 is 2.44 bits per heavy atom. The summed E-state index contributed by atoms with van der Waals surface area (Å²) in [5.74, 6) is 1.79. The quantitative estimate of drug-likeness (QED) is 0.299. The summed E-state index contributed by atoms with van der Waals surface area (Å²) in [5.41, 5.74) is 8.92. The van der Waals surface area contributed by atoms with Gasteiger partial charge in [0.05, 0.1) is 19.8 Å². The zero-order chi connectivity index (χ0) is 33.5. The first-order valence-corrected chi connectivity index (χ1v) is 17.4. The summed E-state index contributed by atoms with van der Waals surface area (Å²) in [7, 11) is -0.611. The minimum atomic E-state index is -0.611. The summed E-state index contributed by atoms with van der Waals surface area (Å²) in [5, 5.41) is 6.59. The third-order valence-corrected chi connectivity index (χ3v) is 7.55. The van der Waals surface area contributed by atoms with E-state index in [0.717, 1.165) is 62.1 Å². The fraction of sp³-hybridized carbons (Fsp3) is 0.559. The summed E-state index contributed by atoms with van der Waals surface area (Å²) in [4.78, 5) is 16.1. The van der Waals surface area contributed by atoms with Crippen LogP contribution in [0.5, 0.6) is 0 Å². The highest BCUT2D eigenvalue weighted by Crippen LogP contribution is 2.50. The van der Waals surface area contributed by atoms with Gasteiger partial charge in [-0.25, -0.2) is 9.98 Å². The molecule has 0 radical (unpaired) electrons. The zero-order valence-corrected chi connectivity index (χ0v) is 29.2. The molecule has 45 heavy (non-hydrogen) atoms. The van der Waals surface area contributed by atoms with Crippen LogP contribution in [0.3, 0.4) is 0 Å². The van der Waals surface area contributed by atoms with Gasteiger partial charge in [0.25, 0.3) is 0 Å². The number of amidine groups is 2. The number of nitrogens with zero attached hydrogens (tertiary/aromatic N) is 4. The molecule has 0 aliphatic carbocycles. The van der Waals surface area contributed by atoms with Crippen molar-refractivity contribution >= 4 is 34.9 Å². The first-order valence-electron chi connectivity index (χ1n) is 15.4. The maximum Gasteiger partial charge on any atom is 0.136 e. The average molecular weight is 642 g/mol. The van der Waals surface area contributed by atoms with E-state index in [0.29, 0.717) is 19.9 Å². The lowest BCUT2D eigenvalue weighted by Gasteiger charge is -2.42. The molecule has 0 saturated carbocycles. The number of nitrogens with one attached hydrogen (secondary N) is 2. The summed E-state index contributed by atoms with van der Waals surface area (Å²) in [6.45, 7) is 24.0. The predicted molar refractivity (Wildman–Crippen MR) is 192 cm³/mol. The molecule has 0 aromatic heterocycles. The van der Waals surface area contributed by atoms with Crippen molar-refractivity contribution in [3.05, 3.63) is 66.2 Å². The smallest absolute Gasteiger partial charge is 0.136 e. The predicted octanol–water partition coefficient (Wildman–Crippen LogP) is 4.88. The maximum atomic E-state index is 9.56. The first kappa shape index (κ1) is 38.1. The Bertz CT molecular complexity index is 1250. The van der Waals surface area contributed by atoms with E-state index < -0.39 is 10.8 Å². The number of aryl methyl sites for hydroxylation is 1. The van der Waals surface area contributed by atoms with E-state index in [2.05, 4.69) is 78.6 Å². The molecule has 0 spiro atoms. The molecule has 4 rings (SSSR count). The van der Waals surface area contributed by atoms with E-state index in [1.54, 1.807) is 12.5 Å². The number of hydrogen-bond acceptors (Lipinski definition) is 9. The van der Waals surface area contributed by atoms with Gasteiger partial charge < -0.3 is 30.7 Å². The topological polar surface area (TPSA) is 126 Å². The number of ether oxygens (including phenoxy) is 2. The molecule has 2 atom stereocenters. The molecule has 1 aromatic carbocycles. The van der Waals surface area contributed by atoms with Crippen molar-refractivity contribution in [3.63, 3.8) is 0 Å². The van der Waals surface area contributed by atoms with Crippen molar-refractivity contribution in [1.82, 2.24) is 10.2 Å².